The molecule has 21 heavy (non-hydrogen) atoms. The smallest absolute Gasteiger partial charge is 0.230 e. The van der Waals surface area contributed by atoms with E-state index in [0.717, 1.165) is 30.1 Å². The highest BCUT2D eigenvalue weighted by molar-refractivity contribution is 5.87. The van der Waals surface area contributed by atoms with E-state index in [9.17, 15) is 4.79 Å². The molecule has 1 amide bonds. The van der Waals surface area contributed by atoms with E-state index in [1.54, 1.807) is 0 Å². The van der Waals surface area contributed by atoms with Gasteiger partial charge in [-0.2, -0.15) is 0 Å². The van der Waals surface area contributed by atoms with Gasteiger partial charge in [-0.25, -0.2) is 0 Å². The van der Waals surface area contributed by atoms with Gasteiger partial charge in [0.25, 0.3) is 0 Å². The number of rotatable bonds is 6. The SMILES string of the molecule is CC(C)(C(=O)NCCCC1CCCC1)c1ccc(N)cc1. The maximum absolute atomic E-state index is 12.4. The van der Waals surface area contributed by atoms with Gasteiger partial charge in [-0.3, -0.25) is 4.79 Å². The molecule has 0 saturated heterocycles. The lowest BCUT2D eigenvalue weighted by molar-refractivity contribution is -0.125. The first-order valence-electron chi connectivity index (χ1n) is 8.14. The first kappa shape index (κ1) is 15.9. The second-order valence-corrected chi connectivity index (χ2v) is 6.80. The van der Waals surface area contributed by atoms with Crippen molar-refractivity contribution < 1.29 is 4.79 Å². The molecule has 0 unspecified atom stereocenters. The summed E-state index contributed by atoms with van der Waals surface area (Å²) in [6, 6.07) is 7.58. The Balaban J connectivity index is 1.79. The van der Waals surface area contributed by atoms with Gasteiger partial charge in [0.15, 0.2) is 0 Å². The van der Waals surface area contributed by atoms with Crippen LogP contribution in [0.15, 0.2) is 24.3 Å². The number of hydrogen-bond donors (Lipinski definition) is 2. The Labute approximate surface area is 128 Å². The van der Waals surface area contributed by atoms with E-state index in [0.29, 0.717) is 0 Å². The Hall–Kier alpha value is -1.51. The molecule has 0 radical (unpaired) electrons. The standard InChI is InChI=1S/C18H28N2O/c1-18(2,15-9-11-16(19)12-10-15)17(21)20-13-5-8-14-6-3-4-7-14/h9-12,14H,3-8,13,19H2,1-2H3,(H,20,21). The van der Waals surface area contributed by atoms with Crippen molar-refractivity contribution in [1.29, 1.82) is 0 Å². The van der Waals surface area contributed by atoms with Crippen LogP contribution in [0.2, 0.25) is 0 Å². The quantitative estimate of drug-likeness (QED) is 0.620. The predicted octanol–water partition coefficient (Wildman–Crippen LogP) is 3.63. The molecule has 3 heteroatoms. The number of nitrogens with one attached hydrogen (secondary N) is 1. The summed E-state index contributed by atoms with van der Waals surface area (Å²) in [5.41, 5.74) is 6.92. The van der Waals surface area contributed by atoms with Crippen molar-refractivity contribution in [3.8, 4) is 0 Å². The summed E-state index contributed by atoms with van der Waals surface area (Å²) >= 11 is 0. The van der Waals surface area contributed by atoms with Gasteiger partial charge in [0.1, 0.15) is 0 Å². The van der Waals surface area contributed by atoms with Crippen molar-refractivity contribution >= 4 is 11.6 Å². The third kappa shape index (κ3) is 4.23. The summed E-state index contributed by atoms with van der Waals surface area (Å²) < 4.78 is 0. The lowest BCUT2D eigenvalue weighted by Gasteiger charge is -2.24. The fraction of sp³-hybridized carbons (Fsp3) is 0.611. The number of carbonyl (C=O) groups is 1. The summed E-state index contributed by atoms with van der Waals surface area (Å²) in [5.74, 6) is 0.991. The normalized spacial score (nSPS) is 16.1. The molecule has 0 spiro atoms. The molecule has 0 aliphatic heterocycles. The number of carbonyl (C=O) groups excluding carboxylic acids is 1. The van der Waals surface area contributed by atoms with Crippen LogP contribution in [-0.2, 0) is 10.2 Å². The average molecular weight is 288 g/mol. The minimum absolute atomic E-state index is 0.0960. The van der Waals surface area contributed by atoms with Crippen LogP contribution in [-0.4, -0.2) is 12.5 Å². The van der Waals surface area contributed by atoms with E-state index < -0.39 is 5.41 Å². The van der Waals surface area contributed by atoms with Gasteiger partial charge >= 0.3 is 0 Å². The second kappa shape index (κ2) is 6.97. The number of benzene rings is 1. The minimum Gasteiger partial charge on any atom is -0.399 e. The van der Waals surface area contributed by atoms with Crippen LogP contribution in [0.5, 0.6) is 0 Å². The summed E-state index contributed by atoms with van der Waals surface area (Å²) in [7, 11) is 0. The summed E-state index contributed by atoms with van der Waals surface area (Å²) in [6.45, 7) is 4.71. The van der Waals surface area contributed by atoms with Gasteiger partial charge < -0.3 is 11.1 Å². The zero-order chi connectivity index (χ0) is 15.3. The van der Waals surface area contributed by atoms with Crippen molar-refractivity contribution in [3.63, 3.8) is 0 Å². The highest BCUT2D eigenvalue weighted by Gasteiger charge is 2.29. The first-order valence-corrected chi connectivity index (χ1v) is 8.14. The predicted molar refractivity (Wildman–Crippen MR) is 88.1 cm³/mol. The van der Waals surface area contributed by atoms with E-state index in [1.165, 1.54) is 32.1 Å². The van der Waals surface area contributed by atoms with Crippen molar-refractivity contribution in [2.75, 3.05) is 12.3 Å². The van der Waals surface area contributed by atoms with Crippen LogP contribution < -0.4 is 11.1 Å². The van der Waals surface area contributed by atoms with E-state index in [4.69, 9.17) is 5.73 Å². The molecule has 1 aliphatic rings. The first-order chi connectivity index (χ1) is 10.00. The summed E-state index contributed by atoms with van der Waals surface area (Å²) in [4.78, 5) is 12.4. The lowest BCUT2D eigenvalue weighted by atomic mass is 9.83. The molecule has 1 aliphatic carbocycles. The largest absolute Gasteiger partial charge is 0.399 e. The monoisotopic (exact) mass is 288 g/mol. The Bertz CT molecular complexity index is 459. The second-order valence-electron chi connectivity index (χ2n) is 6.80. The Morgan fingerprint density at radius 3 is 2.48 bits per heavy atom. The molecule has 1 aromatic carbocycles. The Morgan fingerprint density at radius 1 is 1.24 bits per heavy atom. The van der Waals surface area contributed by atoms with E-state index >= 15 is 0 Å². The molecule has 3 N–H and O–H groups in total. The van der Waals surface area contributed by atoms with Gasteiger partial charge in [0, 0.05) is 12.2 Å². The number of anilines is 1. The van der Waals surface area contributed by atoms with Crippen molar-refractivity contribution in [2.45, 2.75) is 57.8 Å². The van der Waals surface area contributed by atoms with Gasteiger partial charge in [0.2, 0.25) is 5.91 Å². The molecule has 0 aromatic heterocycles. The Kier molecular flexibility index (Phi) is 5.27. The van der Waals surface area contributed by atoms with Crippen molar-refractivity contribution in [3.05, 3.63) is 29.8 Å². The number of hydrogen-bond acceptors (Lipinski definition) is 2. The molecule has 0 bridgehead atoms. The fourth-order valence-electron chi connectivity index (χ4n) is 3.14. The summed E-state index contributed by atoms with van der Waals surface area (Å²) in [6.07, 6.45) is 7.88. The average Bonchev–Trinajstić information content (AvgIpc) is 2.97. The van der Waals surface area contributed by atoms with Crippen molar-refractivity contribution in [2.24, 2.45) is 5.92 Å². The van der Waals surface area contributed by atoms with Gasteiger partial charge in [-0.15, -0.1) is 0 Å². The highest BCUT2D eigenvalue weighted by Crippen LogP contribution is 2.28. The fourth-order valence-corrected chi connectivity index (χ4v) is 3.14. The van der Waals surface area contributed by atoms with Crippen LogP contribution in [0, 0.1) is 5.92 Å². The molecule has 2 rings (SSSR count). The summed E-state index contributed by atoms with van der Waals surface area (Å²) in [5, 5.41) is 3.09. The zero-order valence-corrected chi connectivity index (χ0v) is 13.3. The number of amides is 1. The molecular formula is C18H28N2O. The van der Waals surface area contributed by atoms with E-state index in [2.05, 4.69) is 5.32 Å². The highest BCUT2D eigenvalue weighted by atomic mass is 16.2. The molecule has 3 nitrogen and oxygen atoms in total. The maximum atomic E-state index is 12.4. The maximum Gasteiger partial charge on any atom is 0.230 e. The third-order valence-electron chi connectivity index (χ3n) is 4.75. The lowest BCUT2D eigenvalue weighted by Crippen LogP contribution is -2.40. The van der Waals surface area contributed by atoms with Crippen LogP contribution in [0.4, 0.5) is 5.69 Å². The van der Waals surface area contributed by atoms with Crippen LogP contribution in [0.3, 0.4) is 0 Å². The van der Waals surface area contributed by atoms with E-state index in [-0.39, 0.29) is 5.91 Å². The van der Waals surface area contributed by atoms with Crippen LogP contribution >= 0.6 is 0 Å². The number of nitrogen functional groups attached to an aromatic ring is 1. The van der Waals surface area contributed by atoms with Crippen LogP contribution in [0.1, 0.15) is 57.9 Å². The molecule has 1 saturated carbocycles. The third-order valence-corrected chi connectivity index (χ3v) is 4.75. The van der Waals surface area contributed by atoms with Gasteiger partial charge in [0.05, 0.1) is 5.41 Å². The van der Waals surface area contributed by atoms with Gasteiger partial charge in [-0.05, 0) is 50.3 Å². The van der Waals surface area contributed by atoms with Gasteiger partial charge in [-0.1, -0.05) is 37.8 Å². The molecular weight excluding hydrogens is 260 g/mol. The molecule has 1 fully saturated rings. The van der Waals surface area contributed by atoms with Crippen LogP contribution in [0.25, 0.3) is 0 Å². The van der Waals surface area contributed by atoms with Crippen molar-refractivity contribution in [1.82, 2.24) is 5.32 Å². The molecule has 0 atom stereocenters. The molecule has 116 valence electrons. The molecule has 1 aromatic rings. The number of nitrogens with two attached hydrogens (primary N) is 1. The minimum atomic E-state index is -0.513. The van der Waals surface area contributed by atoms with E-state index in [1.807, 2.05) is 38.1 Å². The Morgan fingerprint density at radius 2 is 1.86 bits per heavy atom. The topological polar surface area (TPSA) is 55.1 Å². The molecule has 0 heterocycles. The zero-order valence-electron chi connectivity index (χ0n) is 13.3.